The van der Waals surface area contributed by atoms with E-state index in [2.05, 4.69) is 16.6 Å². The van der Waals surface area contributed by atoms with Gasteiger partial charge in [-0.15, -0.1) is 19.1 Å². The minimum Gasteiger partial charge on any atom is -0.406 e. The van der Waals surface area contributed by atoms with Crippen molar-refractivity contribution in [3.8, 4) is 17.6 Å². The Bertz CT molecular complexity index is 388. The molecule has 0 aliphatic carbocycles. The van der Waals surface area contributed by atoms with Crippen LogP contribution in [0.5, 0.6) is 5.75 Å². The Morgan fingerprint density at radius 2 is 1.81 bits per heavy atom. The molecule has 0 spiro atoms. The molecule has 0 heterocycles. The first kappa shape index (κ1) is 12.4. The molecule has 0 aromatic heterocycles. The molecule has 0 aliphatic rings. The summed E-state index contributed by atoms with van der Waals surface area (Å²) in [7, 11) is -0.539. The number of halogens is 4. The molecule has 1 nitrogen and oxygen atoms in total. The molecule has 84 valence electrons. The van der Waals surface area contributed by atoms with Crippen molar-refractivity contribution in [2.45, 2.75) is 12.7 Å². The van der Waals surface area contributed by atoms with Gasteiger partial charge in [0.15, 0.2) is 0 Å². The Morgan fingerprint density at radius 1 is 1.19 bits per heavy atom. The highest BCUT2D eigenvalue weighted by molar-refractivity contribution is 6.27. The highest BCUT2D eigenvalue weighted by Gasteiger charge is 2.30. The van der Waals surface area contributed by atoms with Gasteiger partial charge in [-0.25, -0.2) is 0 Å². The van der Waals surface area contributed by atoms with Crippen molar-refractivity contribution in [2.24, 2.45) is 0 Å². The average molecular weight is 230 g/mol. The number of alkyl halides is 3. The van der Waals surface area contributed by atoms with Crippen LogP contribution < -0.4 is 4.74 Å². The predicted octanol–water partition coefficient (Wildman–Crippen LogP) is 2.68. The number of rotatable bonds is 2. The van der Waals surface area contributed by atoms with Gasteiger partial charge in [0.25, 0.3) is 0 Å². The van der Waals surface area contributed by atoms with Gasteiger partial charge in [0.2, 0.25) is 0 Å². The molecule has 0 saturated carbocycles. The molecule has 0 amide bonds. The van der Waals surface area contributed by atoms with Crippen molar-refractivity contribution < 1.29 is 22.2 Å². The zero-order chi connectivity index (χ0) is 12.0. The SMILES string of the molecule is FBCC#Cc1ccc(OC(F)(F)F)cc1. The summed E-state index contributed by atoms with van der Waals surface area (Å²) in [5, 5.41) is 0. The summed E-state index contributed by atoms with van der Waals surface area (Å²) in [4.78, 5) is 0. The van der Waals surface area contributed by atoms with Gasteiger partial charge in [0, 0.05) is 11.9 Å². The molecule has 1 aromatic carbocycles. The summed E-state index contributed by atoms with van der Waals surface area (Å²) in [6.07, 6.45) is -4.58. The maximum Gasteiger partial charge on any atom is 0.573 e. The second-order valence-electron chi connectivity index (χ2n) is 2.81. The van der Waals surface area contributed by atoms with Crippen molar-refractivity contribution >= 4 is 7.56 Å². The standard InChI is InChI=1S/C10H7BF4O/c12-10(13,14)16-9-5-3-8(4-6-9)2-1-7-11-15/h3-6,11H,7H2. The van der Waals surface area contributed by atoms with Gasteiger partial charge in [-0.05, 0) is 24.3 Å². The molecular weight excluding hydrogens is 223 g/mol. The van der Waals surface area contributed by atoms with E-state index in [1.807, 2.05) is 0 Å². The first-order chi connectivity index (χ1) is 7.51. The summed E-state index contributed by atoms with van der Waals surface area (Å²) in [5.41, 5.74) is 0.517. The molecule has 0 saturated heterocycles. The van der Waals surface area contributed by atoms with E-state index < -0.39 is 13.9 Å². The van der Waals surface area contributed by atoms with E-state index in [0.717, 1.165) is 12.1 Å². The molecule has 0 radical (unpaired) electrons. The highest BCUT2D eigenvalue weighted by Crippen LogP contribution is 2.22. The predicted molar refractivity (Wildman–Crippen MR) is 53.1 cm³/mol. The molecule has 0 unspecified atom stereocenters. The van der Waals surface area contributed by atoms with Crippen LogP contribution in [0.25, 0.3) is 0 Å². The monoisotopic (exact) mass is 230 g/mol. The van der Waals surface area contributed by atoms with E-state index in [0.29, 0.717) is 5.56 Å². The maximum atomic E-state index is 11.8. The molecule has 0 aliphatic heterocycles. The van der Waals surface area contributed by atoms with Gasteiger partial charge < -0.3 is 9.05 Å². The normalized spacial score (nSPS) is 10.2. The van der Waals surface area contributed by atoms with Crippen LogP contribution in [0.15, 0.2) is 24.3 Å². The van der Waals surface area contributed by atoms with Gasteiger partial charge in [-0.3, -0.25) is 0 Å². The lowest BCUT2D eigenvalue weighted by Gasteiger charge is -2.07. The summed E-state index contributed by atoms with van der Waals surface area (Å²) in [6, 6.07) is 5.08. The minimum absolute atomic E-state index is 0.112. The van der Waals surface area contributed by atoms with Gasteiger partial charge >= 0.3 is 13.9 Å². The maximum absolute atomic E-state index is 11.8. The lowest BCUT2D eigenvalue weighted by Crippen LogP contribution is -2.16. The molecule has 0 fully saturated rings. The fourth-order valence-corrected chi connectivity index (χ4v) is 0.952. The first-order valence-electron chi connectivity index (χ1n) is 4.42. The topological polar surface area (TPSA) is 9.23 Å². The minimum atomic E-state index is -4.69. The van der Waals surface area contributed by atoms with Crippen LogP contribution in [0.2, 0.25) is 6.32 Å². The van der Waals surface area contributed by atoms with Crippen molar-refractivity contribution in [1.82, 2.24) is 0 Å². The van der Waals surface area contributed by atoms with Crippen LogP contribution in [0.3, 0.4) is 0 Å². The van der Waals surface area contributed by atoms with E-state index in [1.165, 1.54) is 12.1 Å². The molecule has 6 heteroatoms. The highest BCUT2D eigenvalue weighted by atomic mass is 19.4. The zero-order valence-electron chi connectivity index (χ0n) is 8.14. The molecule has 16 heavy (non-hydrogen) atoms. The number of hydrogen-bond acceptors (Lipinski definition) is 1. The third-order valence-corrected chi connectivity index (χ3v) is 1.54. The van der Waals surface area contributed by atoms with E-state index in [9.17, 15) is 17.5 Å². The van der Waals surface area contributed by atoms with Crippen molar-refractivity contribution in [2.75, 3.05) is 0 Å². The summed E-state index contributed by atoms with van der Waals surface area (Å²) >= 11 is 0. The molecule has 1 rings (SSSR count). The Hall–Kier alpha value is -1.64. The largest absolute Gasteiger partial charge is 0.573 e. The number of hydrogen-bond donors (Lipinski definition) is 0. The number of benzene rings is 1. The Morgan fingerprint density at radius 3 is 2.31 bits per heavy atom. The van der Waals surface area contributed by atoms with Crippen molar-refractivity contribution in [3.05, 3.63) is 29.8 Å². The molecule has 0 N–H and O–H groups in total. The van der Waals surface area contributed by atoms with Crippen LogP contribution in [0, 0.1) is 11.8 Å². The summed E-state index contributed by atoms with van der Waals surface area (Å²) < 4.78 is 50.8. The Balaban J connectivity index is 2.66. The van der Waals surface area contributed by atoms with Crippen LogP contribution in [0.1, 0.15) is 5.56 Å². The van der Waals surface area contributed by atoms with E-state index in [1.54, 1.807) is 0 Å². The zero-order valence-corrected chi connectivity index (χ0v) is 8.14. The fraction of sp³-hybridized carbons (Fsp3) is 0.200. The van der Waals surface area contributed by atoms with Gasteiger partial charge in [0.1, 0.15) is 5.75 Å². The van der Waals surface area contributed by atoms with Gasteiger partial charge in [-0.1, -0.05) is 5.92 Å². The molecule has 0 atom stereocenters. The molecular formula is C10H7BF4O. The lowest BCUT2D eigenvalue weighted by molar-refractivity contribution is -0.274. The third-order valence-electron chi connectivity index (χ3n) is 1.54. The number of ether oxygens (including phenoxy) is 1. The Kier molecular flexibility index (Phi) is 4.23. The Labute approximate surface area is 90.7 Å². The van der Waals surface area contributed by atoms with Crippen LogP contribution in [0.4, 0.5) is 17.5 Å². The summed E-state index contributed by atoms with van der Waals surface area (Å²) in [6.45, 7) is 0. The smallest absolute Gasteiger partial charge is 0.406 e. The quantitative estimate of drug-likeness (QED) is 0.431. The fourth-order valence-electron chi connectivity index (χ4n) is 0.952. The first-order valence-corrected chi connectivity index (χ1v) is 4.42. The van der Waals surface area contributed by atoms with Crippen LogP contribution >= 0.6 is 0 Å². The van der Waals surface area contributed by atoms with Gasteiger partial charge in [-0.2, -0.15) is 0 Å². The second kappa shape index (κ2) is 5.45. The van der Waals surface area contributed by atoms with Crippen molar-refractivity contribution in [1.29, 1.82) is 0 Å². The van der Waals surface area contributed by atoms with E-state index in [4.69, 9.17) is 0 Å². The van der Waals surface area contributed by atoms with Crippen LogP contribution in [-0.4, -0.2) is 13.9 Å². The van der Waals surface area contributed by atoms with Crippen molar-refractivity contribution in [3.63, 3.8) is 0 Å². The molecule has 1 aromatic rings. The van der Waals surface area contributed by atoms with Crippen LogP contribution in [-0.2, 0) is 0 Å². The van der Waals surface area contributed by atoms with Gasteiger partial charge in [0.05, 0.1) is 0 Å². The second-order valence-corrected chi connectivity index (χ2v) is 2.81. The molecule has 0 bridgehead atoms. The lowest BCUT2D eigenvalue weighted by atomic mass is 10.0. The van der Waals surface area contributed by atoms with E-state index in [-0.39, 0.29) is 12.1 Å². The summed E-state index contributed by atoms with van der Waals surface area (Å²) in [5.74, 6) is 4.84. The van der Waals surface area contributed by atoms with E-state index >= 15 is 0 Å². The average Bonchev–Trinajstić information content (AvgIpc) is 2.19. The third kappa shape index (κ3) is 4.74.